The van der Waals surface area contributed by atoms with Crippen LogP contribution in [-0.4, -0.2) is 96.3 Å². The van der Waals surface area contributed by atoms with Crippen molar-refractivity contribution in [3.05, 3.63) is 118 Å². The molecule has 0 aromatic heterocycles. The Hall–Kier alpha value is -9.15. The SMILES string of the molecule is C=CCOC(=O)N[C@@H]1Cc2ccc(c([N+]#N)c2)Oc2cc3cc(c2OC)Oc2ccc(cc2[N+]#N)C[C@@H](C(=O)OC)NC(=O)[C@@H](c2ccc(OC)cc2)NC(=O)[C@H]3NC(=O)[C@@H](C)NC1=O.F[B-](F)(F)F.F[B-](F)(F)F. The maximum atomic E-state index is 14.9. The summed E-state index contributed by atoms with van der Waals surface area (Å²) in [5.74, 6) is -4.54. The molecule has 4 aromatic carbocycles. The van der Waals surface area contributed by atoms with Gasteiger partial charge in [0.15, 0.2) is 21.5 Å². The number of esters is 1. The lowest BCUT2D eigenvalue weighted by Crippen LogP contribution is -2.55. The van der Waals surface area contributed by atoms with Crippen LogP contribution in [-0.2, 0) is 46.3 Å². The van der Waals surface area contributed by atoms with Gasteiger partial charge in [-0.3, -0.25) is 19.2 Å². The third-order valence-corrected chi connectivity index (χ3v) is 10.2. The second kappa shape index (κ2) is 26.0. The Morgan fingerprint density at radius 2 is 1.17 bits per heavy atom. The van der Waals surface area contributed by atoms with Crippen molar-refractivity contribution in [3.63, 3.8) is 0 Å². The van der Waals surface area contributed by atoms with Gasteiger partial charge in [0.05, 0.1) is 21.3 Å². The monoisotopic (exact) mass is 1060 g/mol. The molecule has 0 aliphatic carbocycles. The zero-order chi connectivity index (χ0) is 55.8. The minimum Gasteiger partial charge on any atom is -0.497 e. The first-order chi connectivity index (χ1) is 35.3. The Morgan fingerprint density at radius 3 is 1.65 bits per heavy atom. The number of nitrogens with zero attached hydrogens (tertiary/aromatic N) is 4. The molecule has 8 rings (SSSR count). The molecule has 0 saturated carbocycles. The molecule has 398 valence electrons. The molecule has 21 nitrogen and oxygen atoms in total. The van der Waals surface area contributed by atoms with E-state index >= 15 is 0 Å². The fraction of sp³-hybridized carbons (Fsp3) is 0.273. The van der Waals surface area contributed by atoms with E-state index in [-0.39, 0.29) is 70.7 Å². The fourth-order valence-electron chi connectivity index (χ4n) is 6.92. The Balaban J connectivity index is 0.00000111. The van der Waals surface area contributed by atoms with E-state index in [1.165, 1.54) is 81.8 Å². The van der Waals surface area contributed by atoms with Crippen LogP contribution in [0.4, 0.5) is 50.7 Å². The molecule has 5 N–H and O–H groups in total. The van der Waals surface area contributed by atoms with Crippen molar-refractivity contribution >= 4 is 61.6 Å². The summed E-state index contributed by atoms with van der Waals surface area (Å²) in [5.41, 5.74) is 0.686. The van der Waals surface area contributed by atoms with E-state index in [1.807, 2.05) is 0 Å². The van der Waals surface area contributed by atoms with Gasteiger partial charge in [-0.2, -0.15) is 0 Å². The van der Waals surface area contributed by atoms with Crippen molar-refractivity contribution in [2.45, 2.75) is 50.0 Å². The van der Waals surface area contributed by atoms with Crippen molar-refractivity contribution in [3.8, 4) is 34.5 Å². The van der Waals surface area contributed by atoms with Crippen LogP contribution in [0, 0.1) is 10.8 Å². The predicted molar refractivity (Wildman–Crippen MR) is 248 cm³/mol. The molecular formula is C44H43B2F8N9O12. The van der Waals surface area contributed by atoms with Gasteiger partial charge < -0.3 is 89.5 Å². The van der Waals surface area contributed by atoms with E-state index in [9.17, 15) is 74.1 Å². The number of amides is 5. The van der Waals surface area contributed by atoms with Crippen LogP contribution in [0.15, 0.2) is 85.5 Å². The van der Waals surface area contributed by atoms with Gasteiger partial charge in [-0.05, 0) is 65.6 Å². The van der Waals surface area contributed by atoms with Crippen LogP contribution >= 0.6 is 0 Å². The van der Waals surface area contributed by atoms with E-state index < -0.39 is 80.4 Å². The average Bonchev–Trinajstić information content (AvgIpc) is 3.34. The van der Waals surface area contributed by atoms with Gasteiger partial charge in [-0.15, -0.1) is 0 Å². The Labute approximate surface area is 420 Å². The zero-order valence-corrected chi connectivity index (χ0v) is 39.6. The highest BCUT2D eigenvalue weighted by Crippen LogP contribution is 2.47. The van der Waals surface area contributed by atoms with Crippen molar-refractivity contribution in [2.75, 3.05) is 27.9 Å². The van der Waals surface area contributed by atoms with Gasteiger partial charge in [-0.25, -0.2) is 9.59 Å². The van der Waals surface area contributed by atoms with Gasteiger partial charge >= 0.3 is 37.9 Å². The van der Waals surface area contributed by atoms with Gasteiger partial charge in [0.2, 0.25) is 51.7 Å². The fourth-order valence-corrected chi connectivity index (χ4v) is 6.92. The van der Waals surface area contributed by atoms with Crippen LogP contribution in [0.5, 0.6) is 34.5 Å². The number of halogens is 8. The maximum absolute atomic E-state index is 14.9. The number of ether oxygens (including phenoxy) is 6. The molecular weight excluding hydrogens is 1020 g/mol. The zero-order valence-electron chi connectivity index (χ0n) is 39.6. The third kappa shape index (κ3) is 17.5. The first-order valence-electron chi connectivity index (χ1n) is 21.5. The average molecular weight is 1060 g/mol. The highest BCUT2D eigenvalue weighted by molar-refractivity contribution is 6.50. The number of hydrogen-bond donors (Lipinski definition) is 5. The number of rotatable bonds is 7. The number of diazo groups is 2. The maximum Gasteiger partial charge on any atom is 0.673 e. The molecule has 0 radical (unpaired) electrons. The normalized spacial score (nSPS) is 18.6. The summed E-state index contributed by atoms with van der Waals surface area (Å²) in [5, 5.41) is 33.3. The molecule has 4 aliphatic heterocycles. The number of hydrogen-bond acceptors (Lipinski definition) is 14. The summed E-state index contributed by atoms with van der Waals surface area (Å²) in [4.78, 5) is 89.8. The molecule has 4 aromatic rings. The topological polar surface area (TPSA) is 274 Å². The molecule has 7 bridgehead atoms. The van der Waals surface area contributed by atoms with E-state index in [0.29, 0.717) is 16.9 Å². The highest BCUT2D eigenvalue weighted by atomic mass is 19.5. The van der Waals surface area contributed by atoms with Crippen molar-refractivity contribution in [1.82, 2.24) is 26.6 Å². The summed E-state index contributed by atoms with van der Waals surface area (Å²) in [6.07, 6.45) is -0.0196. The summed E-state index contributed by atoms with van der Waals surface area (Å²) in [6.45, 7) is 4.66. The molecule has 4 heterocycles. The number of nitrogens with one attached hydrogen (secondary N) is 5. The number of alkyl carbamates (subject to hydrolysis) is 1. The molecule has 0 spiro atoms. The van der Waals surface area contributed by atoms with E-state index in [0.717, 1.165) is 7.11 Å². The molecule has 0 unspecified atom stereocenters. The number of methoxy groups -OCH3 is 3. The predicted octanol–water partition coefficient (Wildman–Crippen LogP) is 7.43. The van der Waals surface area contributed by atoms with Crippen LogP contribution in [0.2, 0.25) is 0 Å². The minimum absolute atomic E-state index is 0.0524. The Morgan fingerprint density at radius 1 is 0.680 bits per heavy atom. The number of carbonyl (C=O) groups excluding carboxylic acids is 6. The lowest BCUT2D eigenvalue weighted by atomic mass is 9.99. The largest absolute Gasteiger partial charge is 0.673 e. The first kappa shape index (κ1) is 58.4. The molecule has 5 amide bonds. The third-order valence-electron chi connectivity index (χ3n) is 10.2. The van der Waals surface area contributed by atoms with E-state index in [1.54, 1.807) is 18.2 Å². The molecule has 75 heavy (non-hydrogen) atoms. The number of benzene rings is 4. The number of carbonyl (C=O) groups is 6. The molecule has 0 saturated heterocycles. The summed E-state index contributed by atoms with van der Waals surface area (Å²) in [7, 11) is -8.13. The van der Waals surface area contributed by atoms with Gasteiger partial charge in [0.25, 0.3) is 0 Å². The lowest BCUT2D eigenvalue weighted by molar-refractivity contribution is -0.145. The smallest absolute Gasteiger partial charge is 0.497 e. The van der Waals surface area contributed by atoms with Gasteiger partial charge in [0, 0.05) is 25.0 Å². The van der Waals surface area contributed by atoms with E-state index in [2.05, 4.69) is 43.1 Å². The summed E-state index contributed by atoms with van der Waals surface area (Å²) in [6, 6.07) is 10.1. The standard InChI is InChI=1S/C44H41N9O12.2BF4/c1-6-15-63-44(59)49-30-18-23-7-13-32(28(16-23)52-45)64-34-20-26-21-35(38(34)61-4)65-33-14-8-24(17-29(33)53-46)19-31(43(58)62-5)48-41(56)36(25-9-11-27(60-3)12-10-25)51-42(57)37(26)50-39(54)22(2)47-40(30)55;2*2-1(3,4)5/h6-14,16-17,20-22,30-31,36-37H,1,15,18-19H2,2-5H3,(H3-2,47,48,49,50,51,54,55,56,57,59);;/q;2*-1/p+2/t22-,30-,31+,36-,37+;;/m1../s1. The lowest BCUT2D eigenvalue weighted by Gasteiger charge is -2.27. The van der Waals surface area contributed by atoms with Crippen molar-refractivity contribution in [2.24, 2.45) is 0 Å². The van der Waals surface area contributed by atoms with Crippen molar-refractivity contribution < 1.29 is 91.7 Å². The van der Waals surface area contributed by atoms with Gasteiger partial charge in [0.1, 0.15) is 42.6 Å². The van der Waals surface area contributed by atoms with Crippen LogP contribution in [0.3, 0.4) is 0 Å². The molecule has 5 atom stereocenters. The Bertz CT molecular complexity index is 2850. The second-order valence-electron chi connectivity index (χ2n) is 15.5. The molecule has 0 fully saturated rings. The van der Waals surface area contributed by atoms with Crippen LogP contribution < -0.4 is 45.5 Å². The van der Waals surface area contributed by atoms with Crippen molar-refractivity contribution in [1.29, 1.82) is 10.8 Å². The molecule has 4 aliphatic rings. The first-order valence-corrected chi connectivity index (χ1v) is 21.5. The second-order valence-corrected chi connectivity index (χ2v) is 15.5. The summed E-state index contributed by atoms with van der Waals surface area (Å²) >= 11 is 0. The Kier molecular flexibility index (Phi) is 20.2. The quantitative estimate of drug-likeness (QED) is 0.0396. The van der Waals surface area contributed by atoms with Crippen LogP contribution in [0.1, 0.15) is 41.3 Å². The summed E-state index contributed by atoms with van der Waals surface area (Å²) < 4.78 is 112. The minimum atomic E-state index is -6.00. The highest BCUT2D eigenvalue weighted by Gasteiger charge is 2.37. The van der Waals surface area contributed by atoms with Crippen LogP contribution in [0.25, 0.3) is 9.95 Å². The molecule has 31 heteroatoms. The van der Waals surface area contributed by atoms with E-state index in [4.69, 9.17) is 28.4 Å². The van der Waals surface area contributed by atoms with Gasteiger partial charge in [-0.1, -0.05) is 36.9 Å². The number of fused-ring (bicyclic) bond motifs is 16.